The van der Waals surface area contributed by atoms with E-state index in [4.69, 9.17) is 9.47 Å². The molecule has 6 heteroatoms. The predicted molar refractivity (Wildman–Crippen MR) is 87.0 cm³/mol. The van der Waals surface area contributed by atoms with Crippen molar-refractivity contribution in [2.45, 2.75) is 0 Å². The Morgan fingerprint density at radius 2 is 1.83 bits per heavy atom. The fourth-order valence-corrected chi connectivity index (χ4v) is 2.30. The van der Waals surface area contributed by atoms with E-state index in [-0.39, 0.29) is 17.8 Å². The molecular formula is C17H15N3O3. The summed E-state index contributed by atoms with van der Waals surface area (Å²) in [5.41, 5.74) is 0.951. The number of fused-ring (bicyclic) bond motifs is 1. The molecule has 23 heavy (non-hydrogen) atoms. The van der Waals surface area contributed by atoms with Crippen LogP contribution in [0.4, 0.5) is 5.69 Å². The lowest BCUT2D eigenvalue weighted by Crippen LogP contribution is -2.14. The third-order valence-electron chi connectivity index (χ3n) is 3.39. The van der Waals surface area contributed by atoms with Crippen LogP contribution in [0.25, 0.3) is 10.8 Å². The topological polar surface area (TPSA) is 73.3 Å². The molecule has 1 heterocycles. The molecule has 0 aliphatic heterocycles. The molecule has 0 saturated carbocycles. The van der Waals surface area contributed by atoms with Crippen LogP contribution < -0.4 is 14.8 Å². The Balaban J connectivity index is 1.95. The number of hydrogen-bond acceptors (Lipinski definition) is 5. The largest absolute Gasteiger partial charge is 0.479 e. The molecule has 1 aromatic heterocycles. The van der Waals surface area contributed by atoms with E-state index in [0.717, 1.165) is 10.8 Å². The van der Waals surface area contributed by atoms with E-state index in [1.54, 1.807) is 6.07 Å². The molecule has 0 aliphatic carbocycles. The van der Waals surface area contributed by atoms with E-state index in [0.29, 0.717) is 11.3 Å². The molecule has 0 fully saturated rings. The van der Waals surface area contributed by atoms with Crippen molar-refractivity contribution in [1.29, 1.82) is 0 Å². The number of aromatic nitrogens is 2. The third-order valence-corrected chi connectivity index (χ3v) is 3.39. The Kier molecular flexibility index (Phi) is 4.05. The van der Waals surface area contributed by atoms with Crippen LogP contribution in [0.1, 0.15) is 10.4 Å². The van der Waals surface area contributed by atoms with Gasteiger partial charge in [0.25, 0.3) is 5.91 Å². The maximum atomic E-state index is 12.6. The van der Waals surface area contributed by atoms with Crippen LogP contribution in [0.2, 0.25) is 0 Å². The number of ether oxygens (including phenoxy) is 2. The zero-order valence-corrected chi connectivity index (χ0v) is 12.7. The van der Waals surface area contributed by atoms with Crippen LogP contribution in [0.5, 0.6) is 11.9 Å². The summed E-state index contributed by atoms with van der Waals surface area (Å²) >= 11 is 0. The molecule has 0 atom stereocenters. The van der Waals surface area contributed by atoms with Crippen LogP contribution in [0.3, 0.4) is 0 Å². The first kappa shape index (κ1) is 14.8. The van der Waals surface area contributed by atoms with Crippen LogP contribution in [-0.4, -0.2) is 30.1 Å². The molecule has 2 aromatic carbocycles. The SMILES string of the molecule is COc1ncc(NC(=O)c2cccc3ccccc23)c(OC)n1. The van der Waals surface area contributed by atoms with E-state index in [1.807, 2.05) is 36.4 Å². The molecule has 0 aliphatic rings. The molecule has 0 saturated heterocycles. The second kappa shape index (κ2) is 6.31. The highest BCUT2D eigenvalue weighted by atomic mass is 16.5. The van der Waals surface area contributed by atoms with Crippen molar-refractivity contribution in [2.75, 3.05) is 19.5 Å². The second-order valence-electron chi connectivity index (χ2n) is 4.76. The lowest BCUT2D eigenvalue weighted by molar-refractivity contribution is 0.102. The number of carbonyl (C=O) groups excluding carboxylic acids is 1. The number of nitrogens with zero attached hydrogens (tertiary/aromatic N) is 2. The molecule has 0 unspecified atom stereocenters. The van der Waals surface area contributed by atoms with Crippen molar-refractivity contribution >= 4 is 22.4 Å². The Hall–Kier alpha value is -3.15. The summed E-state index contributed by atoms with van der Waals surface area (Å²) in [5, 5.41) is 4.65. The van der Waals surface area contributed by atoms with E-state index >= 15 is 0 Å². The highest BCUT2D eigenvalue weighted by Crippen LogP contribution is 2.25. The lowest BCUT2D eigenvalue weighted by atomic mass is 10.0. The Morgan fingerprint density at radius 1 is 1.04 bits per heavy atom. The van der Waals surface area contributed by atoms with Crippen LogP contribution in [-0.2, 0) is 0 Å². The van der Waals surface area contributed by atoms with Gasteiger partial charge < -0.3 is 14.8 Å². The van der Waals surface area contributed by atoms with Crippen molar-refractivity contribution in [1.82, 2.24) is 9.97 Å². The second-order valence-corrected chi connectivity index (χ2v) is 4.76. The van der Waals surface area contributed by atoms with E-state index in [1.165, 1.54) is 20.4 Å². The first-order valence-corrected chi connectivity index (χ1v) is 6.97. The summed E-state index contributed by atoms with van der Waals surface area (Å²) in [6, 6.07) is 13.5. The summed E-state index contributed by atoms with van der Waals surface area (Å²) in [7, 11) is 2.93. The smallest absolute Gasteiger partial charge is 0.319 e. The van der Waals surface area contributed by atoms with Gasteiger partial charge in [0.2, 0.25) is 5.88 Å². The minimum absolute atomic E-state index is 0.171. The van der Waals surface area contributed by atoms with Gasteiger partial charge >= 0.3 is 6.01 Å². The zero-order chi connectivity index (χ0) is 16.2. The van der Waals surface area contributed by atoms with Gasteiger partial charge in [-0.15, -0.1) is 0 Å². The van der Waals surface area contributed by atoms with E-state index in [2.05, 4.69) is 15.3 Å². The van der Waals surface area contributed by atoms with Crippen LogP contribution in [0.15, 0.2) is 48.7 Å². The van der Waals surface area contributed by atoms with Gasteiger partial charge in [0.1, 0.15) is 5.69 Å². The normalized spacial score (nSPS) is 10.3. The number of benzene rings is 2. The molecule has 3 rings (SSSR count). The molecule has 1 N–H and O–H groups in total. The van der Waals surface area contributed by atoms with Gasteiger partial charge in [-0.1, -0.05) is 36.4 Å². The Labute approximate surface area is 133 Å². The number of hydrogen-bond donors (Lipinski definition) is 1. The van der Waals surface area contributed by atoms with E-state index in [9.17, 15) is 4.79 Å². The molecule has 1 amide bonds. The molecule has 3 aromatic rings. The number of nitrogens with one attached hydrogen (secondary N) is 1. The third kappa shape index (κ3) is 2.91. The van der Waals surface area contributed by atoms with Gasteiger partial charge in [0.15, 0.2) is 0 Å². The van der Waals surface area contributed by atoms with E-state index < -0.39 is 0 Å². The number of carbonyl (C=O) groups is 1. The minimum Gasteiger partial charge on any atom is -0.479 e. The van der Waals surface area contributed by atoms with Crippen molar-refractivity contribution in [3.8, 4) is 11.9 Å². The van der Waals surface area contributed by atoms with Gasteiger partial charge in [-0.05, 0) is 16.8 Å². The lowest BCUT2D eigenvalue weighted by Gasteiger charge is -2.11. The van der Waals surface area contributed by atoms with Gasteiger partial charge in [0, 0.05) is 5.56 Å². The number of amides is 1. The maximum Gasteiger partial charge on any atom is 0.319 e. The summed E-state index contributed by atoms with van der Waals surface area (Å²) in [5.74, 6) is -0.0145. The average molecular weight is 309 g/mol. The number of methoxy groups -OCH3 is 2. The highest BCUT2D eigenvalue weighted by molar-refractivity contribution is 6.13. The molecule has 0 bridgehead atoms. The molecule has 116 valence electrons. The predicted octanol–water partition coefficient (Wildman–Crippen LogP) is 2.90. The molecule has 0 radical (unpaired) electrons. The number of anilines is 1. The summed E-state index contributed by atoms with van der Waals surface area (Å²) in [6.45, 7) is 0. The van der Waals surface area contributed by atoms with Gasteiger partial charge in [-0.3, -0.25) is 4.79 Å². The van der Waals surface area contributed by atoms with Gasteiger partial charge in [-0.25, -0.2) is 4.98 Å². The van der Waals surface area contributed by atoms with Crippen LogP contribution >= 0.6 is 0 Å². The minimum atomic E-state index is -0.256. The van der Waals surface area contributed by atoms with Crippen molar-refractivity contribution in [2.24, 2.45) is 0 Å². The van der Waals surface area contributed by atoms with Gasteiger partial charge in [0.05, 0.1) is 20.4 Å². The first-order valence-electron chi connectivity index (χ1n) is 6.97. The van der Waals surface area contributed by atoms with Crippen molar-refractivity contribution in [3.05, 3.63) is 54.2 Å². The van der Waals surface area contributed by atoms with Crippen LogP contribution in [0, 0.1) is 0 Å². The molecule has 0 spiro atoms. The first-order chi connectivity index (χ1) is 11.2. The monoisotopic (exact) mass is 309 g/mol. The van der Waals surface area contributed by atoms with Crippen molar-refractivity contribution in [3.63, 3.8) is 0 Å². The fraction of sp³-hybridized carbons (Fsp3) is 0.118. The Morgan fingerprint density at radius 3 is 2.61 bits per heavy atom. The quantitative estimate of drug-likeness (QED) is 0.802. The molecular weight excluding hydrogens is 294 g/mol. The number of rotatable bonds is 4. The summed E-state index contributed by atoms with van der Waals surface area (Å²) < 4.78 is 10.1. The van der Waals surface area contributed by atoms with Crippen molar-refractivity contribution < 1.29 is 14.3 Å². The van der Waals surface area contributed by atoms with Gasteiger partial charge in [-0.2, -0.15) is 4.98 Å². The summed E-state index contributed by atoms with van der Waals surface area (Å²) in [6.07, 6.45) is 1.45. The maximum absolute atomic E-state index is 12.6. The standard InChI is InChI=1S/C17H15N3O3/c1-22-16-14(10-18-17(20-16)23-2)19-15(21)13-9-5-7-11-6-3-4-8-12(11)13/h3-10H,1-2H3,(H,19,21). The zero-order valence-electron chi connectivity index (χ0n) is 12.7. The highest BCUT2D eigenvalue weighted by Gasteiger charge is 2.14. The molecule has 6 nitrogen and oxygen atoms in total. The summed E-state index contributed by atoms with van der Waals surface area (Å²) in [4.78, 5) is 20.6. The average Bonchev–Trinajstić information content (AvgIpc) is 2.61. The fourth-order valence-electron chi connectivity index (χ4n) is 2.30. The Bertz CT molecular complexity index is 859.